The van der Waals surface area contributed by atoms with Crippen LogP contribution in [-0.2, 0) is 14.4 Å². The first-order valence-electron chi connectivity index (χ1n) is 8.28. The third-order valence-electron chi connectivity index (χ3n) is 3.48. The van der Waals surface area contributed by atoms with Crippen molar-refractivity contribution in [2.75, 3.05) is 39.1 Å². The molecule has 1 aromatic carbocycles. The lowest BCUT2D eigenvalue weighted by Crippen LogP contribution is -3.11. The van der Waals surface area contributed by atoms with Crippen molar-refractivity contribution in [2.24, 2.45) is 0 Å². The molecule has 0 bridgehead atoms. The van der Waals surface area contributed by atoms with Gasteiger partial charge in [-0.25, -0.2) is 0 Å². The van der Waals surface area contributed by atoms with Crippen molar-refractivity contribution < 1.29 is 24.0 Å². The Balaban J connectivity index is 2.51. The van der Waals surface area contributed by atoms with Crippen LogP contribution >= 0.6 is 11.6 Å². The Kier molecular flexibility index (Phi) is 8.87. The molecule has 2 atom stereocenters. The summed E-state index contributed by atoms with van der Waals surface area (Å²) in [5.41, 5.74) is 0.465. The Morgan fingerprint density at radius 3 is 2.50 bits per heavy atom. The van der Waals surface area contributed by atoms with E-state index >= 15 is 0 Å². The highest BCUT2D eigenvalue weighted by Gasteiger charge is 2.19. The number of carbonyl (C=O) groups excluding carboxylic acids is 3. The highest BCUT2D eigenvalue weighted by atomic mass is 35.5. The van der Waals surface area contributed by atoms with Gasteiger partial charge in [0.15, 0.2) is 13.1 Å². The van der Waals surface area contributed by atoms with Crippen molar-refractivity contribution in [3.63, 3.8) is 0 Å². The fourth-order valence-electron chi connectivity index (χ4n) is 2.27. The molecule has 0 fully saturated rings. The summed E-state index contributed by atoms with van der Waals surface area (Å²) in [7, 11) is 3.21. The van der Waals surface area contributed by atoms with E-state index < -0.39 is 6.04 Å². The van der Waals surface area contributed by atoms with E-state index in [4.69, 9.17) is 16.3 Å². The van der Waals surface area contributed by atoms with Crippen LogP contribution in [0.3, 0.4) is 0 Å². The second kappa shape index (κ2) is 10.6. The largest absolute Gasteiger partial charge is 0.495 e. The summed E-state index contributed by atoms with van der Waals surface area (Å²) >= 11 is 5.93. The maximum Gasteiger partial charge on any atom is 0.279 e. The van der Waals surface area contributed by atoms with Crippen molar-refractivity contribution in [3.05, 3.63) is 23.2 Å². The standard InChI is InChI=1S/C17H25ClN4O4/c1-5-19-17(25)11(2)20-15(23)9-22(3)10-16(24)21-13-8-12(18)6-7-14(13)26-4/h6-8,11H,5,9-10H2,1-4H3,(H,19,25)(H,20,23)(H,21,24)/p+1/t11-/m0/s1. The lowest BCUT2D eigenvalue weighted by atomic mass is 10.3. The van der Waals surface area contributed by atoms with Gasteiger partial charge in [-0.3, -0.25) is 14.4 Å². The van der Waals surface area contributed by atoms with E-state index in [1.165, 1.54) is 7.11 Å². The number of carbonyl (C=O) groups is 3. The molecule has 0 aliphatic carbocycles. The van der Waals surface area contributed by atoms with Crippen LogP contribution < -0.4 is 25.6 Å². The number of ether oxygens (including phenoxy) is 1. The smallest absolute Gasteiger partial charge is 0.279 e. The number of benzene rings is 1. The molecule has 0 saturated carbocycles. The summed E-state index contributed by atoms with van der Waals surface area (Å²) in [4.78, 5) is 36.4. The van der Waals surface area contributed by atoms with E-state index in [1.807, 2.05) is 0 Å². The molecule has 1 aromatic rings. The zero-order valence-electron chi connectivity index (χ0n) is 15.4. The first-order chi connectivity index (χ1) is 12.3. The molecule has 0 aliphatic heterocycles. The van der Waals surface area contributed by atoms with Crippen molar-refractivity contribution in [3.8, 4) is 5.75 Å². The zero-order valence-corrected chi connectivity index (χ0v) is 16.2. The van der Waals surface area contributed by atoms with Crippen LogP contribution in [0.4, 0.5) is 5.69 Å². The second-order valence-corrected chi connectivity index (χ2v) is 6.32. The van der Waals surface area contributed by atoms with Crippen molar-refractivity contribution >= 4 is 35.0 Å². The number of amides is 3. The van der Waals surface area contributed by atoms with E-state index in [1.54, 1.807) is 39.1 Å². The molecule has 0 radical (unpaired) electrons. The maximum absolute atomic E-state index is 12.2. The highest BCUT2D eigenvalue weighted by Crippen LogP contribution is 2.27. The average Bonchev–Trinajstić information content (AvgIpc) is 2.54. The Bertz CT molecular complexity index is 654. The molecule has 0 aromatic heterocycles. The molecule has 1 unspecified atom stereocenters. The van der Waals surface area contributed by atoms with Gasteiger partial charge in [0.2, 0.25) is 5.91 Å². The van der Waals surface area contributed by atoms with Gasteiger partial charge < -0.3 is 25.6 Å². The Morgan fingerprint density at radius 1 is 1.23 bits per heavy atom. The third-order valence-corrected chi connectivity index (χ3v) is 3.72. The summed E-state index contributed by atoms with van der Waals surface area (Å²) in [6, 6.07) is 4.28. The SMILES string of the molecule is CCNC(=O)[C@H](C)NC(=O)C[NH+](C)CC(=O)Nc1cc(Cl)ccc1OC. The van der Waals surface area contributed by atoms with E-state index in [-0.39, 0.29) is 30.8 Å². The molecule has 0 heterocycles. The van der Waals surface area contributed by atoms with Gasteiger partial charge in [0.1, 0.15) is 11.8 Å². The van der Waals surface area contributed by atoms with E-state index in [9.17, 15) is 14.4 Å². The summed E-state index contributed by atoms with van der Waals surface area (Å²) in [5.74, 6) is -0.347. The molecular formula is C17H26ClN4O4+. The summed E-state index contributed by atoms with van der Waals surface area (Å²) in [5, 5.41) is 8.42. The quantitative estimate of drug-likeness (QED) is 0.458. The normalized spacial score (nSPS) is 12.7. The molecule has 0 saturated heterocycles. The first-order valence-corrected chi connectivity index (χ1v) is 8.66. The number of anilines is 1. The Labute approximate surface area is 158 Å². The van der Waals surface area contributed by atoms with Crippen LogP contribution in [0, 0.1) is 0 Å². The molecule has 9 heteroatoms. The minimum atomic E-state index is -0.625. The van der Waals surface area contributed by atoms with Gasteiger partial charge in [-0.15, -0.1) is 0 Å². The minimum Gasteiger partial charge on any atom is -0.495 e. The van der Waals surface area contributed by atoms with Crippen molar-refractivity contribution in [1.82, 2.24) is 10.6 Å². The summed E-state index contributed by atoms with van der Waals surface area (Å²) < 4.78 is 5.17. The van der Waals surface area contributed by atoms with Crippen LogP contribution in [0.5, 0.6) is 5.75 Å². The van der Waals surface area contributed by atoms with E-state index in [2.05, 4.69) is 16.0 Å². The number of methoxy groups -OCH3 is 1. The lowest BCUT2D eigenvalue weighted by molar-refractivity contribution is -0.862. The number of hydrogen-bond acceptors (Lipinski definition) is 4. The molecular weight excluding hydrogens is 360 g/mol. The van der Waals surface area contributed by atoms with Crippen LogP contribution in [0.1, 0.15) is 13.8 Å². The van der Waals surface area contributed by atoms with Gasteiger partial charge in [0, 0.05) is 11.6 Å². The van der Waals surface area contributed by atoms with Gasteiger partial charge in [0.25, 0.3) is 11.8 Å². The Hall–Kier alpha value is -2.32. The number of hydrogen-bond donors (Lipinski definition) is 4. The molecule has 0 aliphatic rings. The van der Waals surface area contributed by atoms with Gasteiger partial charge in [-0.1, -0.05) is 11.6 Å². The monoisotopic (exact) mass is 385 g/mol. The molecule has 144 valence electrons. The van der Waals surface area contributed by atoms with Gasteiger partial charge in [-0.2, -0.15) is 0 Å². The van der Waals surface area contributed by atoms with E-state index in [0.29, 0.717) is 27.9 Å². The van der Waals surface area contributed by atoms with Gasteiger partial charge in [-0.05, 0) is 32.0 Å². The van der Waals surface area contributed by atoms with Gasteiger partial charge in [0.05, 0.1) is 19.8 Å². The van der Waals surface area contributed by atoms with Gasteiger partial charge >= 0.3 is 0 Å². The molecule has 3 amide bonds. The molecule has 26 heavy (non-hydrogen) atoms. The third kappa shape index (κ3) is 7.28. The van der Waals surface area contributed by atoms with Crippen molar-refractivity contribution in [1.29, 1.82) is 0 Å². The van der Waals surface area contributed by atoms with Crippen molar-refractivity contribution in [2.45, 2.75) is 19.9 Å². The predicted molar refractivity (Wildman–Crippen MR) is 99.5 cm³/mol. The fourth-order valence-corrected chi connectivity index (χ4v) is 2.44. The minimum absolute atomic E-state index is 0.0594. The zero-order chi connectivity index (χ0) is 19.7. The molecule has 4 N–H and O–H groups in total. The topological polar surface area (TPSA) is 101 Å². The number of rotatable bonds is 9. The van der Waals surface area contributed by atoms with E-state index in [0.717, 1.165) is 0 Å². The number of quaternary nitrogens is 1. The predicted octanol–water partition coefficient (Wildman–Crippen LogP) is -0.557. The average molecular weight is 386 g/mol. The second-order valence-electron chi connectivity index (χ2n) is 5.89. The molecule has 1 rings (SSSR count). The fraction of sp³-hybridized carbons (Fsp3) is 0.471. The number of likely N-dealkylation sites (N-methyl/N-ethyl adjacent to an activating group) is 2. The maximum atomic E-state index is 12.2. The Morgan fingerprint density at radius 2 is 1.88 bits per heavy atom. The molecule has 8 nitrogen and oxygen atoms in total. The first kappa shape index (κ1) is 21.7. The molecule has 0 spiro atoms. The summed E-state index contributed by atoms with van der Waals surface area (Å²) in [6.45, 7) is 4.04. The van der Waals surface area contributed by atoms with Crippen LogP contribution in [0.15, 0.2) is 18.2 Å². The highest BCUT2D eigenvalue weighted by molar-refractivity contribution is 6.31. The number of halogens is 1. The summed E-state index contributed by atoms with van der Waals surface area (Å²) in [6.07, 6.45) is 0. The number of nitrogens with one attached hydrogen (secondary N) is 4. The van der Waals surface area contributed by atoms with Crippen LogP contribution in [0.2, 0.25) is 5.02 Å². The van der Waals surface area contributed by atoms with Crippen LogP contribution in [-0.4, -0.2) is 57.6 Å². The lowest BCUT2D eigenvalue weighted by Gasteiger charge is -2.17. The van der Waals surface area contributed by atoms with Crippen LogP contribution in [0.25, 0.3) is 0 Å².